The zero-order valence-corrected chi connectivity index (χ0v) is 14.8. The van der Waals surface area contributed by atoms with Crippen LogP contribution in [0.3, 0.4) is 0 Å². The van der Waals surface area contributed by atoms with Crippen LogP contribution in [0, 0.1) is 6.92 Å². The second-order valence-electron chi connectivity index (χ2n) is 5.77. The minimum Gasteiger partial charge on any atom is -0.339 e. The first-order valence-electron chi connectivity index (χ1n) is 7.41. The van der Waals surface area contributed by atoms with Gasteiger partial charge in [0.1, 0.15) is 5.82 Å². The molecule has 4 nitrogen and oxygen atoms in total. The van der Waals surface area contributed by atoms with Gasteiger partial charge < -0.3 is 4.98 Å². The van der Waals surface area contributed by atoms with Crippen molar-refractivity contribution < 1.29 is 0 Å². The number of imidazole rings is 1. The molecule has 2 heterocycles. The molecule has 0 spiro atoms. The molecule has 0 saturated carbocycles. The highest BCUT2D eigenvalue weighted by Gasteiger charge is 2.17. The monoisotopic (exact) mass is 348 g/mol. The van der Waals surface area contributed by atoms with E-state index in [1.165, 1.54) is 0 Å². The van der Waals surface area contributed by atoms with E-state index < -0.39 is 0 Å². The lowest BCUT2D eigenvalue weighted by Gasteiger charge is -2.25. The maximum absolute atomic E-state index is 6.31. The smallest absolute Gasteiger partial charge is 0.178 e. The molecule has 0 radical (unpaired) electrons. The Bertz CT molecular complexity index is 844. The van der Waals surface area contributed by atoms with E-state index in [4.69, 9.17) is 23.2 Å². The number of aryl methyl sites for hydroxylation is 1. The van der Waals surface area contributed by atoms with Crippen molar-refractivity contribution in [1.29, 1.82) is 0 Å². The van der Waals surface area contributed by atoms with Crippen LogP contribution < -0.4 is 0 Å². The predicted octanol–water partition coefficient (Wildman–Crippen LogP) is 4.77. The maximum atomic E-state index is 6.31. The number of halogens is 2. The van der Waals surface area contributed by atoms with Gasteiger partial charge in [0.05, 0.1) is 12.1 Å². The first kappa shape index (κ1) is 16.2. The number of fused-ring (bicyclic) bond motifs is 1. The zero-order valence-electron chi connectivity index (χ0n) is 13.3. The zero-order chi connectivity index (χ0) is 16.6. The summed E-state index contributed by atoms with van der Waals surface area (Å²) in [5.74, 6) is 0.890. The number of hydrogen-bond donors (Lipinski definition) is 1. The maximum Gasteiger partial charge on any atom is 0.178 e. The van der Waals surface area contributed by atoms with E-state index in [9.17, 15) is 0 Å². The largest absolute Gasteiger partial charge is 0.339 e. The Morgan fingerprint density at radius 1 is 1.26 bits per heavy atom. The number of nitrogens with zero attached hydrogens (tertiary/aromatic N) is 3. The lowest BCUT2D eigenvalue weighted by atomic mass is 10.1. The van der Waals surface area contributed by atoms with Gasteiger partial charge in [-0.25, -0.2) is 9.97 Å². The van der Waals surface area contributed by atoms with E-state index in [2.05, 4.69) is 26.8 Å². The molecule has 3 rings (SSSR count). The number of pyridine rings is 1. The Labute approximate surface area is 145 Å². The van der Waals surface area contributed by atoms with E-state index in [1.54, 1.807) is 12.3 Å². The molecular weight excluding hydrogens is 331 g/mol. The lowest BCUT2D eigenvalue weighted by molar-refractivity contribution is 0.248. The normalized spacial score (nSPS) is 13.0. The fraction of sp³-hybridized carbons (Fsp3) is 0.294. The van der Waals surface area contributed by atoms with E-state index >= 15 is 0 Å². The summed E-state index contributed by atoms with van der Waals surface area (Å²) in [6, 6.07) is 7.72. The fourth-order valence-electron chi connectivity index (χ4n) is 2.61. The van der Waals surface area contributed by atoms with Crippen molar-refractivity contribution in [2.45, 2.75) is 26.4 Å². The highest BCUT2D eigenvalue weighted by Crippen LogP contribution is 2.29. The molecule has 1 N–H and O–H groups in total. The summed E-state index contributed by atoms with van der Waals surface area (Å²) in [4.78, 5) is 14.4. The fourth-order valence-corrected chi connectivity index (χ4v) is 3.18. The van der Waals surface area contributed by atoms with Gasteiger partial charge >= 0.3 is 0 Å². The average molecular weight is 349 g/mol. The minimum absolute atomic E-state index is 0.141. The van der Waals surface area contributed by atoms with Gasteiger partial charge in [0.2, 0.25) is 0 Å². The number of aromatic amines is 1. The summed E-state index contributed by atoms with van der Waals surface area (Å²) in [6.07, 6.45) is 1.78. The SMILES string of the molecule is Cc1ccnc2nc(CN(C)C(C)c3ccc(Cl)cc3Cl)[nH]c12. The van der Waals surface area contributed by atoms with Crippen LogP contribution in [-0.2, 0) is 6.54 Å². The van der Waals surface area contributed by atoms with Crippen molar-refractivity contribution in [3.63, 3.8) is 0 Å². The predicted molar refractivity (Wildman–Crippen MR) is 95.0 cm³/mol. The lowest BCUT2D eigenvalue weighted by Crippen LogP contribution is -2.22. The molecule has 0 bridgehead atoms. The first-order valence-corrected chi connectivity index (χ1v) is 8.16. The van der Waals surface area contributed by atoms with E-state index in [0.29, 0.717) is 16.6 Å². The molecule has 1 unspecified atom stereocenters. The summed E-state index contributed by atoms with van der Waals surface area (Å²) in [5, 5.41) is 1.33. The molecule has 0 aliphatic rings. The summed E-state index contributed by atoms with van der Waals surface area (Å²) < 4.78 is 0. The number of rotatable bonds is 4. The molecule has 0 amide bonds. The van der Waals surface area contributed by atoms with Crippen molar-refractivity contribution >= 4 is 34.4 Å². The van der Waals surface area contributed by atoms with Crippen LogP contribution in [0.2, 0.25) is 10.0 Å². The minimum atomic E-state index is 0.141. The van der Waals surface area contributed by atoms with Gasteiger partial charge in [0, 0.05) is 22.3 Å². The summed E-state index contributed by atoms with van der Waals surface area (Å²) in [6.45, 7) is 4.84. The number of nitrogens with one attached hydrogen (secondary N) is 1. The van der Waals surface area contributed by atoms with Crippen molar-refractivity contribution in [2.75, 3.05) is 7.05 Å². The van der Waals surface area contributed by atoms with Crippen molar-refractivity contribution in [3.05, 3.63) is 57.5 Å². The Morgan fingerprint density at radius 2 is 2.04 bits per heavy atom. The van der Waals surface area contributed by atoms with Crippen molar-refractivity contribution in [3.8, 4) is 0 Å². The summed E-state index contributed by atoms with van der Waals surface area (Å²) in [7, 11) is 2.04. The second-order valence-corrected chi connectivity index (χ2v) is 6.61. The van der Waals surface area contributed by atoms with Crippen molar-refractivity contribution in [2.24, 2.45) is 0 Å². The molecule has 120 valence electrons. The van der Waals surface area contributed by atoms with Crippen LogP contribution in [0.5, 0.6) is 0 Å². The topological polar surface area (TPSA) is 44.8 Å². The molecule has 1 atom stereocenters. The number of hydrogen-bond acceptors (Lipinski definition) is 3. The van der Waals surface area contributed by atoms with Gasteiger partial charge in [-0.1, -0.05) is 29.3 Å². The quantitative estimate of drug-likeness (QED) is 0.738. The van der Waals surface area contributed by atoms with E-state index in [-0.39, 0.29) is 6.04 Å². The van der Waals surface area contributed by atoms with Crippen LogP contribution in [0.25, 0.3) is 11.2 Å². The van der Waals surface area contributed by atoms with Gasteiger partial charge in [0.25, 0.3) is 0 Å². The highest BCUT2D eigenvalue weighted by molar-refractivity contribution is 6.35. The molecule has 0 aliphatic heterocycles. The van der Waals surface area contributed by atoms with Crippen LogP contribution in [0.4, 0.5) is 0 Å². The first-order chi connectivity index (χ1) is 11.0. The van der Waals surface area contributed by atoms with Gasteiger partial charge in [-0.2, -0.15) is 0 Å². The summed E-state index contributed by atoms with van der Waals surface area (Å²) >= 11 is 12.3. The molecule has 3 aromatic rings. The van der Waals surface area contributed by atoms with Crippen molar-refractivity contribution in [1.82, 2.24) is 19.9 Å². The third-order valence-electron chi connectivity index (χ3n) is 4.12. The molecule has 1 aromatic carbocycles. The van der Waals surface area contributed by atoms with Crippen LogP contribution in [0.15, 0.2) is 30.5 Å². The van der Waals surface area contributed by atoms with Gasteiger partial charge in [-0.05, 0) is 50.2 Å². The molecule has 0 saturated heterocycles. The van der Waals surface area contributed by atoms with Crippen LogP contribution in [0.1, 0.15) is 29.9 Å². The third kappa shape index (κ3) is 3.34. The average Bonchev–Trinajstić information content (AvgIpc) is 2.90. The summed E-state index contributed by atoms with van der Waals surface area (Å²) in [5.41, 5.74) is 3.94. The van der Waals surface area contributed by atoms with Crippen LogP contribution >= 0.6 is 23.2 Å². The highest BCUT2D eigenvalue weighted by atomic mass is 35.5. The van der Waals surface area contributed by atoms with Gasteiger partial charge in [-0.3, -0.25) is 4.90 Å². The number of H-pyrrole nitrogens is 1. The van der Waals surface area contributed by atoms with E-state index in [1.807, 2.05) is 32.2 Å². The van der Waals surface area contributed by atoms with Gasteiger partial charge in [0.15, 0.2) is 5.65 Å². The Balaban J connectivity index is 1.82. The van der Waals surface area contributed by atoms with Crippen LogP contribution in [-0.4, -0.2) is 26.9 Å². The molecule has 6 heteroatoms. The molecular formula is C17H18Cl2N4. The molecule has 0 fully saturated rings. The Hall–Kier alpha value is -1.62. The Morgan fingerprint density at radius 3 is 2.74 bits per heavy atom. The molecule has 2 aromatic heterocycles. The molecule has 23 heavy (non-hydrogen) atoms. The number of aromatic nitrogens is 3. The third-order valence-corrected chi connectivity index (χ3v) is 4.68. The second kappa shape index (κ2) is 6.48. The molecule has 0 aliphatic carbocycles. The van der Waals surface area contributed by atoms with E-state index in [0.717, 1.165) is 28.1 Å². The van der Waals surface area contributed by atoms with Gasteiger partial charge in [-0.15, -0.1) is 0 Å². The Kier molecular flexibility index (Phi) is 4.57. The standard InChI is InChI=1S/C17H18Cl2N4/c1-10-6-7-20-17-16(10)21-15(22-17)9-23(3)11(2)13-5-4-12(18)8-14(13)19/h4-8,11H,9H2,1-3H3,(H,20,21,22). The number of benzene rings is 1.